The molecular formula is C27H42BrPS2. The molecule has 174 valence electrons. The molecular weight excluding hydrogens is 499 g/mol. The van der Waals surface area contributed by atoms with Crippen molar-refractivity contribution in [1.82, 2.24) is 0 Å². The van der Waals surface area contributed by atoms with Crippen molar-refractivity contribution in [2.24, 2.45) is 0 Å². The minimum atomic E-state index is -1.00. The van der Waals surface area contributed by atoms with Gasteiger partial charge in [0.15, 0.2) is 4.32 Å². The van der Waals surface area contributed by atoms with Crippen LogP contribution < -0.4 is 17.0 Å². The maximum Gasteiger partial charge on any atom is 0.160 e. The molecule has 0 radical (unpaired) electrons. The van der Waals surface area contributed by atoms with Crippen LogP contribution in [-0.2, 0) is 11.5 Å². The van der Waals surface area contributed by atoms with Gasteiger partial charge in [-0.2, -0.15) is 0 Å². The Morgan fingerprint density at radius 2 is 0.968 bits per heavy atom. The summed E-state index contributed by atoms with van der Waals surface area (Å²) in [7, 11) is -1.00. The summed E-state index contributed by atoms with van der Waals surface area (Å²) in [6.07, 6.45) is 12.7. The van der Waals surface area contributed by atoms with Crippen molar-refractivity contribution in [2.75, 3.05) is 18.5 Å². The fraction of sp³-hybridized carbons (Fsp3) is 0.556. The summed E-state index contributed by atoms with van der Waals surface area (Å²) >= 11 is 4.53. The van der Waals surface area contributed by atoms with Gasteiger partial charge in [0.2, 0.25) is 0 Å². The Morgan fingerprint density at radius 1 is 0.613 bits per heavy atom. The Balaban J connectivity index is 0.00000480. The molecule has 2 aromatic rings. The Morgan fingerprint density at radius 3 is 1.29 bits per heavy atom. The smallest absolute Gasteiger partial charge is 0.160 e. The molecule has 0 atom stereocenters. The molecule has 0 aromatic heterocycles. The van der Waals surface area contributed by atoms with Crippen LogP contribution in [0.5, 0.6) is 0 Å². The van der Waals surface area contributed by atoms with E-state index in [1.807, 2.05) is 0 Å². The van der Waals surface area contributed by atoms with Crippen molar-refractivity contribution in [2.45, 2.75) is 75.1 Å². The van der Waals surface area contributed by atoms with Gasteiger partial charge in [0, 0.05) is 18.8 Å². The normalized spacial score (nSPS) is 11.5. The van der Waals surface area contributed by atoms with E-state index in [1.165, 1.54) is 68.1 Å². The summed E-state index contributed by atoms with van der Waals surface area (Å²) in [6, 6.07) is 22.2. The molecule has 0 heterocycles. The highest BCUT2D eigenvalue weighted by Crippen LogP contribution is 2.71. The predicted molar refractivity (Wildman–Crippen MR) is 146 cm³/mol. The molecule has 31 heavy (non-hydrogen) atoms. The molecule has 0 N–H and O–H groups in total. The van der Waals surface area contributed by atoms with Crippen molar-refractivity contribution in [1.29, 1.82) is 0 Å². The Bertz CT molecular complexity index is 600. The average Bonchev–Trinajstić information content (AvgIpc) is 2.80. The summed E-state index contributed by atoms with van der Waals surface area (Å²) in [4.78, 5) is 0. The lowest BCUT2D eigenvalue weighted by Crippen LogP contribution is -3.00. The van der Waals surface area contributed by atoms with Gasteiger partial charge < -0.3 is 17.0 Å². The van der Waals surface area contributed by atoms with Gasteiger partial charge >= 0.3 is 0 Å². The first-order chi connectivity index (χ1) is 14.7. The first-order valence-corrected chi connectivity index (χ1v) is 16.4. The molecule has 2 rings (SSSR count). The van der Waals surface area contributed by atoms with Crippen LogP contribution in [0.4, 0.5) is 0 Å². The summed E-state index contributed by atoms with van der Waals surface area (Å²) in [5, 5.41) is 0. The Labute approximate surface area is 212 Å². The van der Waals surface area contributed by atoms with E-state index < -0.39 is 7.26 Å². The van der Waals surface area contributed by atoms with Gasteiger partial charge in [0.1, 0.15) is 0 Å². The van der Waals surface area contributed by atoms with E-state index in [4.69, 9.17) is 0 Å². The van der Waals surface area contributed by atoms with Crippen molar-refractivity contribution in [3.63, 3.8) is 0 Å². The van der Waals surface area contributed by atoms with Crippen LogP contribution in [0.1, 0.15) is 70.4 Å². The van der Waals surface area contributed by atoms with Crippen LogP contribution in [0.25, 0.3) is 0 Å². The third-order valence-corrected chi connectivity index (χ3v) is 16.3. The van der Waals surface area contributed by atoms with Crippen molar-refractivity contribution in [3.8, 4) is 0 Å². The van der Waals surface area contributed by atoms with Crippen LogP contribution >= 0.6 is 30.8 Å². The van der Waals surface area contributed by atoms with E-state index in [9.17, 15) is 0 Å². The molecule has 0 saturated heterocycles. The molecule has 0 unspecified atom stereocenters. The Kier molecular flexibility index (Phi) is 16.4. The van der Waals surface area contributed by atoms with Gasteiger partial charge in [0.25, 0.3) is 0 Å². The fourth-order valence-corrected chi connectivity index (χ4v) is 14.8. The predicted octanol–water partition coefficient (Wildman–Crippen LogP) is 6.56. The van der Waals surface area contributed by atoms with Crippen LogP contribution in [0.3, 0.4) is 0 Å². The number of thioether (sulfide) groups is 2. The summed E-state index contributed by atoms with van der Waals surface area (Å²) in [5.41, 5.74) is 2.96. The number of hydrogen-bond acceptors (Lipinski definition) is 2. The summed E-state index contributed by atoms with van der Waals surface area (Å²) < 4.78 is 0.766. The van der Waals surface area contributed by atoms with Gasteiger partial charge in [-0.3, -0.25) is 0 Å². The monoisotopic (exact) mass is 540 g/mol. The minimum Gasteiger partial charge on any atom is -1.00 e. The topological polar surface area (TPSA) is 0 Å². The van der Waals surface area contributed by atoms with Crippen molar-refractivity contribution >= 4 is 30.8 Å². The molecule has 0 aliphatic carbocycles. The molecule has 0 aliphatic heterocycles. The second-order valence-electron chi connectivity index (χ2n) is 8.35. The standard InChI is InChI=1S/C27H42PS2.BrH/c1-4-7-20-28(21-8-5-2,22-9-6-3)27(29-23-25-16-12-10-13-17-25)30-24-26-18-14-11-15-19-26;/h10-19,27H,4-9,20-24H2,1-3H3;1H/q+1;/p-1. The van der Waals surface area contributed by atoms with Crippen molar-refractivity contribution < 1.29 is 17.0 Å². The van der Waals surface area contributed by atoms with E-state index in [0.717, 1.165) is 15.8 Å². The van der Waals surface area contributed by atoms with Gasteiger partial charge in [-0.25, -0.2) is 0 Å². The van der Waals surface area contributed by atoms with E-state index in [1.54, 1.807) is 0 Å². The summed E-state index contributed by atoms with van der Waals surface area (Å²) in [5.74, 6) is 2.30. The maximum atomic E-state index is 2.37. The zero-order chi connectivity index (χ0) is 21.5. The van der Waals surface area contributed by atoms with Gasteiger partial charge in [0.05, 0.1) is 18.5 Å². The number of rotatable bonds is 16. The fourth-order valence-electron chi connectivity index (χ4n) is 3.92. The van der Waals surface area contributed by atoms with E-state index in [2.05, 4.69) is 105 Å². The quantitative estimate of drug-likeness (QED) is 0.174. The molecule has 0 nitrogen and oxygen atoms in total. The Hall–Kier alpha value is 0.0500. The van der Waals surface area contributed by atoms with Gasteiger partial charge in [-0.15, -0.1) is 23.5 Å². The number of hydrogen-bond donors (Lipinski definition) is 0. The number of halogens is 1. The van der Waals surface area contributed by atoms with Crippen LogP contribution in [0.15, 0.2) is 60.7 Å². The average molecular weight is 542 g/mol. The molecule has 0 spiro atoms. The second kappa shape index (κ2) is 17.5. The lowest BCUT2D eigenvalue weighted by Gasteiger charge is -2.35. The van der Waals surface area contributed by atoms with Gasteiger partial charge in [-0.1, -0.05) is 101 Å². The van der Waals surface area contributed by atoms with Crippen molar-refractivity contribution in [3.05, 3.63) is 71.8 Å². The molecule has 0 bridgehead atoms. The third kappa shape index (κ3) is 10.7. The van der Waals surface area contributed by atoms with Gasteiger partial charge in [-0.05, 0) is 30.4 Å². The van der Waals surface area contributed by atoms with E-state index >= 15 is 0 Å². The number of unbranched alkanes of at least 4 members (excludes halogenated alkanes) is 3. The molecule has 0 aliphatic rings. The van der Waals surface area contributed by atoms with E-state index in [-0.39, 0.29) is 17.0 Å². The molecule has 0 fully saturated rings. The highest BCUT2D eigenvalue weighted by molar-refractivity contribution is 8.25. The van der Waals surface area contributed by atoms with Crippen LogP contribution in [0, 0.1) is 0 Å². The molecule has 2 aromatic carbocycles. The van der Waals surface area contributed by atoms with E-state index in [0.29, 0.717) is 0 Å². The third-order valence-electron chi connectivity index (χ3n) is 5.79. The molecule has 4 heteroatoms. The molecule has 0 saturated carbocycles. The zero-order valence-electron chi connectivity index (χ0n) is 19.8. The van der Waals surface area contributed by atoms with Crippen LogP contribution in [0.2, 0.25) is 0 Å². The SMILES string of the molecule is CCCC[P+](CCCC)(CCCC)C(SCc1ccccc1)SCc1ccccc1.[Br-]. The summed E-state index contributed by atoms with van der Waals surface area (Å²) in [6.45, 7) is 7.12. The maximum absolute atomic E-state index is 2.37. The number of benzene rings is 2. The zero-order valence-corrected chi connectivity index (χ0v) is 23.9. The largest absolute Gasteiger partial charge is 1.00 e. The second-order valence-corrected chi connectivity index (χ2v) is 15.8. The highest BCUT2D eigenvalue weighted by Gasteiger charge is 2.44. The lowest BCUT2D eigenvalue weighted by molar-refractivity contribution is -0.00000638. The van der Waals surface area contributed by atoms with Crippen LogP contribution in [-0.4, -0.2) is 22.8 Å². The first-order valence-electron chi connectivity index (χ1n) is 11.9. The lowest BCUT2D eigenvalue weighted by atomic mass is 10.2. The highest BCUT2D eigenvalue weighted by atomic mass is 79.9. The minimum absolute atomic E-state index is 0. The molecule has 0 amide bonds. The first kappa shape index (κ1) is 29.1.